The Balaban J connectivity index is 1.52. The molecule has 0 bridgehead atoms. The predicted molar refractivity (Wildman–Crippen MR) is 127 cm³/mol. The molecule has 0 unspecified atom stereocenters. The minimum absolute atomic E-state index is 0.594. The van der Waals surface area contributed by atoms with Gasteiger partial charge in [0.1, 0.15) is 5.82 Å². The van der Waals surface area contributed by atoms with Crippen molar-refractivity contribution in [3.05, 3.63) is 90.5 Å². The van der Waals surface area contributed by atoms with Crippen LogP contribution in [0.5, 0.6) is 11.5 Å². The van der Waals surface area contributed by atoms with Gasteiger partial charge < -0.3 is 14.0 Å². The molecule has 0 saturated carbocycles. The number of allylic oxidation sites excluding steroid dienone is 1. The van der Waals surface area contributed by atoms with E-state index in [4.69, 9.17) is 14.5 Å². The molecule has 4 heteroatoms. The summed E-state index contributed by atoms with van der Waals surface area (Å²) >= 11 is 0. The number of para-hydroxylation sites is 2. The minimum atomic E-state index is 0.594. The number of ether oxygens (including phenoxy) is 2. The lowest BCUT2D eigenvalue weighted by atomic mass is 10.1. The summed E-state index contributed by atoms with van der Waals surface area (Å²) < 4.78 is 13.9. The summed E-state index contributed by atoms with van der Waals surface area (Å²) in [5, 5.41) is 0. The third-order valence-electron chi connectivity index (χ3n) is 5.43. The number of aryl methyl sites for hydroxylation is 2. The number of benzene rings is 3. The molecule has 1 aromatic heterocycles. The van der Waals surface area contributed by atoms with Crippen molar-refractivity contribution in [1.29, 1.82) is 0 Å². The summed E-state index contributed by atoms with van der Waals surface area (Å²) in [5.41, 5.74) is 5.71. The van der Waals surface area contributed by atoms with E-state index in [0.717, 1.165) is 53.3 Å². The van der Waals surface area contributed by atoms with Gasteiger partial charge >= 0.3 is 0 Å². The van der Waals surface area contributed by atoms with Crippen LogP contribution < -0.4 is 9.47 Å². The van der Waals surface area contributed by atoms with Gasteiger partial charge in [-0.2, -0.15) is 0 Å². The SMILES string of the molecule is C=CCc1ccc(OCCCn2c(-c3ccccc3C)nc3ccccc32)c(OC)c1. The van der Waals surface area contributed by atoms with E-state index in [1.807, 2.05) is 24.3 Å². The van der Waals surface area contributed by atoms with E-state index in [1.54, 1.807) is 7.11 Å². The second-order valence-electron chi connectivity index (χ2n) is 7.57. The summed E-state index contributed by atoms with van der Waals surface area (Å²) in [6.07, 6.45) is 3.56. The second-order valence-corrected chi connectivity index (χ2v) is 7.57. The van der Waals surface area contributed by atoms with Crippen molar-refractivity contribution < 1.29 is 9.47 Å². The highest BCUT2D eigenvalue weighted by Gasteiger charge is 2.14. The highest BCUT2D eigenvalue weighted by atomic mass is 16.5. The van der Waals surface area contributed by atoms with Gasteiger partial charge in [-0.1, -0.05) is 48.5 Å². The summed E-state index contributed by atoms with van der Waals surface area (Å²) in [7, 11) is 1.67. The van der Waals surface area contributed by atoms with Crippen molar-refractivity contribution in [1.82, 2.24) is 9.55 Å². The Bertz CT molecular complexity index is 1190. The molecule has 0 spiro atoms. The summed E-state index contributed by atoms with van der Waals surface area (Å²) in [6.45, 7) is 7.34. The van der Waals surface area contributed by atoms with Crippen LogP contribution in [0.15, 0.2) is 79.4 Å². The first-order valence-electron chi connectivity index (χ1n) is 10.6. The van der Waals surface area contributed by atoms with Gasteiger partial charge in [-0.15, -0.1) is 6.58 Å². The van der Waals surface area contributed by atoms with Gasteiger partial charge in [0.2, 0.25) is 0 Å². The summed E-state index contributed by atoms with van der Waals surface area (Å²) in [4.78, 5) is 4.93. The van der Waals surface area contributed by atoms with Crippen molar-refractivity contribution in [2.45, 2.75) is 26.3 Å². The smallest absolute Gasteiger partial charge is 0.161 e. The van der Waals surface area contributed by atoms with Crippen molar-refractivity contribution in [3.63, 3.8) is 0 Å². The van der Waals surface area contributed by atoms with Gasteiger partial charge in [0.25, 0.3) is 0 Å². The average Bonchev–Trinajstić information content (AvgIpc) is 3.16. The minimum Gasteiger partial charge on any atom is -0.493 e. The van der Waals surface area contributed by atoms with Gasteiger partial charge in [-0.05, 0) is 55.2 Å². The Morgan fingerprint density at radius 2 is 1.81 bits per heavy atom. The number of imidazole rings is 1. The monoisotopic (exact) mass is 412 g/mol. The molecule has 0 N–H and O–H groups in total. The fourth-order valence-electron chi connectivity index (χ4n) is 3.86. The van der Waals surface area contributed by atoms with Gasteiger partial charge in [0, 0.05) is 12.1 Å². The Hall–Kier alpha value is -3.53. The Morgan fingerprint density at radius 1 is 1.00 bits per heavy atom. The molecule has 4 rings (SSSR count). The molecule has 158 valence electrons. The van der Waals surface area contributed by atoms with E-state index in [0.29, 0.717) is 6.61 Å². The molecule has 0 aliphatic heterocycles. The third kappa shape index (κ3) is 4.48. The molecule has 4 aromatic rings. The first-order valence-corrected chi connectivity index (χ1v) is 10.6. The number of aromatic nitrogens is 2. The van der Waals surface area contributed by atoms with Crippen LogP contribution in [0.4, 0.5) is 0 Å². The maximum Gasteiger partial charge on any atom is 0.161 e. The topological polar surface area (TPSA) is 36.3 Å². The number of hydrogen-bond acceptors (Lipinski definition) is 3. The van der Waals surface area contributed by atoms with Crippen LogP contribution in [0.25, 0.3) is 22.4 Å². The lowest BCUT2D eigenvalue weighted by Crippen LogP contribution is -2.07. The zero-order valence-corrected chi connectivity index (χ0v) is 18.2. The van der Waals surface area contributed by atoms with Crippen LogP contribution >= 0.6 is 0 Å². The predicted octanol–water partition coefficient (Wildman–Crippen LogP) is 6.22. The molecule has 0 aliphatic carbocycles. The lowest BCUT2D eigenvalue weighted by molar-refractivity contribution is 0.283. The molecule has 31 heavy (non-hydrogen) atoms. The maximum absolute atomic E-state index is 6.06. The molecule has 3 aromatic carbocycles. The molecule has 0 aliphatic rings. The average molecular weight is 413 g/mol. The molecule has 0 fully saturated rings. The van der Waals surface area contributed by atoms with Gasteiger partial charge in [-0.25, -0.2) is 4.98 Å². The number of methoxy groups -OCH3 is 1. The number of hydrogen-bond donors (Lipinski definition) is 0. The lowest BCUT2D eigenvalue weighted by Gasteiger charge is -2.14. The molecule has 0 radical (unpaired) electrons. The van der Waals surface area contributed by atoms with E-state index in [-0.39, 0.29) is 0 Å². The molecule has 4 nitrogen and oxygen atoms in total. The van der Waals surface area contributed by atoms with Crippen LogP contribution in [0.2, 0.25) is 0 Å². The number of rotatable bonds is 9. The van der Waals surface area contributed by atoms with E-state index in [9.17, 15) is 0 Å². The number of nitrogens with zero attached hydrogens (tertiary/aromatic N) is 2. The molecular weight excluding hydrogens is 384 g/mol. The Morgan fingerprint density at radius 3 is 2.61 bits per heavy atom. The Labute approximate surface area is 183 Å². The van der Waals surface area contributed by atoms with Gasteiger partial charge in [-0.3, -0.25) is 0 Å². The van der Waals surface area contributed by atoms with Crippen molar-refractivity contribution >= 4 is 11.0 Å². The van der Waals surface area contributed by atoms with Crippen LogP contribution in [0.1, 0.15) is 17.5 Å². The van der Waals surface area contributed by atoms with E-state index < -0.39 is 0 Å². The molecule has 0 atom stereocenters. The first kappa shape index (κ1) is 20.7. The number of fused-ring (bicyclic) bond motifs is 1. The molecule has 1 heterocycles. The maximum atomic E-state index is 6.06. The van der Waals surface area contributed by atoms with Gasteiger partial charge in [0.05, 0.1) is 24.8 Å². The summed E-state index contributed by atoms with van der Waals surface area (Å²) in [5.74, 6) is 2.53. The van der Waals surface area contributed by atoms with Crippen LogP contribution in [-0.2, 0) is 13.0 Å². The molecule has 0 amide bonds. The highest BCUT2D eigenvalue weighted by molar-refractivity contribution is 5.81. The fourth-order valence-corrected chi connectivity index (χ4v) is 3.86. The Kier molecular flexibility index (Phi) is 6.37. The van der Waals surface area contributed by atoms with Gasteiger partial charge in [0.15, 0.2) is 11.5 Å². The zero-order chi connectivity index (χ0) is 21.6. The van der Waals surface area contributed by atoms with E-state index >= 15 is 0 Å². The van der Waals surface area contributed by atoms with Crippen molar-refractivity contribution in [3.8, 4) is 22.9 Å². The van der Waals surface area contributed by atoms with Crippen LogP contribution in [0, 0.1) is 6.92 Å². The second kappa shape index (κ2) is 9.52. The summed E-state index contributed by atoms with van der Waals surface area (Å²) in [6, 6.07) is 22.7. The highest BCUT2D eigenvalue weighted by Crippen LogP contribution is 2.30. The quantitative estimate of drug-likeness (QED) is 0.242. The van der Waals surface area contributed by atoms with E-state index in [2.05, 4.69) is 66.6 Å². The molecular formula is C27H28N2O2. The standard InChI is InChI=1S/C27H28N2O2/c1-4-10-21-15-16-25(26(19-21)30-3)31-18-9-17-29-24-14-8-7-13-23(24)28-27(29)22-12-6-5-11-20(22)2/h4-8,11-16,19H,1,9-10,17-18H2,2-3H3. The largest absolute Gasteiger partial charge is 0.493 e. The van der Waals surface area contributed by atoms with Crippen LogP contribution in [-0.4, -0.2) is 23.3 Å². The normalized spacial score (nSPS) is 10.9. The van der Waals surface area contributed by atoms with Crippen molar-refractivity contribution in [2.75, 3.05) is 13.7 Å². The van der Waals surface area contributed by atoms with E-state index in [1.165, 1.54) is 11.1 Å². The molecule has 0 saturated heterocycles. The third-order valence-corrected chi connectivity index (χ3v) is 5.43. The zero-order valence-electron chi connectivity index (χ0n) is 18.2. The fraction of sp³-hybridized carbons (Fsp3) is 0.222. The van der Waals surface area contributed by atoms with Crippen molar-refractivity contribution in [2.24, 2.45) is 0 Å². The first-order chi connectivity index (χ1) is 15.2. The van der Waals surface area contributed by atoms with Crippen LogP contribution in [0.3, 0.4) is 0 Å².